The van der Waals surface area contributed by atoms with E-state index >= 15 is 0 Å². The molecule has 0 unspecified atom stereocenters. The zero-order valence-corrected chi connectivity index (χ0v) is 16.0. The number of esters is 1. The van der Waals surface area contributed by atoms with E-state index in [4.69, 9.17) is 4.74 Å². The van der Waals surface area contributed by atoms with Gasteiger partial charge in [0.05, 0.1) is 38.9 Å². The molecule has 27 heavy (non-hydrogen) atoms. The van der Waals surface area contributed by atoms with Gasteiger partial charge in [0.2, 0.25) is 5.91 Å². The molecule has 1 aromatic heterocycles. The summed E-state index contributed by atoms with van der Waals surface area (Å²) in [6.45, 7) is 7.38. The Bertz CT molecular complexity index is 838. The third-order valence-electron chi connectivity index (χ3n) is 5.20. The van der Waals surface area contributed by atoms with Crippen molar-refractivity contribution in [3.05, 3.63) is 29.7 Å². The number of aromatic amines is 1. The first kappa shape index (κ1) is 19.4. The number of carbonyl (C=O) groups excluding carboxylic acids is 2. The molecule has 1 aromatic carbocycles. The number of likely N-dealkylation sites (tertiary alicyclic amines) is 1. The maximum absolute atomic E-state index is 13.7. The Hall–Kier alpha value is -2.41. The van der Waals surface area contributed by atoms with E-state index in [0.29, 0.717) is 29.2 Å². The van der Waals surface area contributed by atoms with Crippen molar-refractivity contribution in [2.45, 2.75) is 26.7 Å². The molecule has 2 heterocycles. The van der Waals surface area contributed by atoms with Crippen LogP contribution in [0.2, 0.25) is 0 Å². The number of fused-ring (bicyclic) bond motifs is 1. The number of aromatic nitrogens is 1. The normalized spacial score (nSPS) is 22.6. The van der Waals surface area contributed by atoms with Crippen LogP contribution in [0.15, 0.2) is 18.2 Å². The van der Waals surface area contributed by atoms with E-state index in [9.17, 15) is 14.0 Å². The lowest BCUT2D eigenvalue weighted by Gasteiger charge is -2.31. The molecule has 3 N–H and O–H groups in total. The maximum Gasteiger partial charge on any atom is 0.356 e. The molecule has 1 fully saturated rings. The van der Waals surface area contributed by atoms with Gasteiger partial charge in [-0.1, -0.05) is 13.8 Å². The van der Waals surface area contributed by atoms with Gasteiger partial charge in [-0.2, -0.15) is 0 Å². The average Bonchev–Trinajstić information content (AvgIpc) is 2.96. The zero-order chi connectivity index (χ0) is 19.6. The number of nitrogens with one attached hydrogen (secondary N) is 3. The van der Waals surface area contributed by atoms with Gasteiger partial charge in [-0.3, -0.25) is 4.79 Å². The molecule has 146 valence electrons. The van der Waals surface area contributed by atoms with Gasteiger partial charge >= 0.3 is 5.97 Å². The fourth-order valence-corrected chi connectivity index (χ4v) is 4.17. The summed E-state index contributed by atoms with van der Waals surface area (Å²) in [5.74, 6) is 0.0905. The number of benzene rings is 1. The molecule has 0 aliphatic carbocycles. The number of methoxy groups -OCH3 is 1. The summed E-state index contributed by atoms with van der Waals surface area (Å²) in [7, 11) is 1.27. The van der Waals surface area contributed by atoms with Crippen molar-refractivity contribution in [2.24, 2.45) is 11.8 Å². The van der Waals surface area contributed by atoms with Gasteiger partial charge in [-0.05, 0) is 24.6 Å². The Balaban J connectivity index is 1.74. The zero-order valence-electron chi connectivity index (χ0n) is 16.0. The van der Waals surface area contributed by atoms with Gasteiger partial charge < -0.3 is 19.9 Å². The summed E-state index contributed by atoms with van der Waals surface area (Å²) in [6.07, 6.45) is 1.58. The van der Waals surface area contributed by atoms with E-state index in [0.717, 1.165) is 19.6 Å². The number of hydrogen-bond donors (Lipinski definition) is 3. The molecule has 1 amide bonds. The molecule has 0 radical (unpaired) electrons. The first-order chi connectivity index (χ1) is 12.9. The van der Waals surface area contributed by atoms with Crippen molar-refractivity contribution >= 4 is 28.5 Å². The van der Waals surface area contributed by atoms with Crippen LogP contribution in [0.25, 0.3) is 10.9 Å². The number of carbonyl (C=O) groups is 2. The number of piperidine rings is 1. The van der Waals surface area contributed by atoms with Crippen LogP contribution >= 0.6 is 0 Å². The van der Waals surface area contributed by atoms with Crippen LogP contribution in [0, 0.1) is 17.7 Å². The van der Waals surface area contributed by atoms with Crippen molar-refractivity contribution in [3.63, 3.8) is 0 Å². The second-order valence-electron chi connectivity index (χ2n) is 7.71. The largest absolute Gasteiger partial charge is 0.464 e. The molecule has 0 saturated carbocycles. The minimum atomic E-state index is -0.605. The van der Waals surface area contributed by atoms with Crippen molar-refractivity contribution < 1.29 is 23.6 Å². The molecule has 1 aliphatic heterocycles. The number of anilines is 1. The van der Waals surface area contributed by atoms with E-state index in [1.165, 1.54) is 36.6 Å². The molecule has 2 aromatic rings. The lowest BCUT2D eigenvalue weighted by molar-refractivity contribution is -0.911. The summed E-state index contributed by atoms with van der Waals surface area (Å²) >= 11 is 0. The van der Waals surface area contributed by atoms with Crippen LogP contribution in [0.5, 0.6) is 0 Å². The second-order valence-corrected chi connectivity index (χ2v) is 7.71. The molecule has 1 saturated heterocycles. The monoisotopic (exact) mass is 376 g/mol. The Labute approximate surface area is 158 Å². The van der Waals surface area contributed by atoms with Gasteiger partial charge in [0.15, 0.2) is 0 Å². The highest BCUT2D eigenvalue weighted by atomic mass is 19.1. The van der Waals surface area contributed by atoms with E-state index in [2.05, 4.69) is 24.1 Å². The van der Waals surface area contributed by atoms with Gasteiger partial charge in [-0.15, -0.1) is 0 Å². The predicted octanol–water partition coefficient (Wildman–Crippen LogP) is 1.98. The number of ether oxygens (including phenoxy) is 1. The standard InChI is InChI=1S/C20H26FN3O3/c1-12-8-13(2)11-24(10-12)7-6-17(25)23-18-15-9-14(21)4-5-16(15)22-19(18)20(26)27-3/h4-5,9,12-13,22H,6-8,10-11H2,1-3H3,(H,23,25)/p+1/t12-,13-/m0/s1. The first-order valence-electron chi connectivity index (χ1n) is 9.40. The average molecular weight is 376 g/mol. The van der Waals surface area contributed by atoms with Crippen molar-refractivity contribution in [2.75, 3.05) is 32.1 Å². The fourth-order valence-electron chi connectivity index (χ4n) is 4.17. The van der Waals surface area contributed by atoms with Gasteiger partial charge in [0.25, 0.3) is 0 Å². The van der Waals surface area contributed by atoms with E-state index in [1.807, 2.05) is 0 Å². The van der Waals surface area contributed by atoms with E-state index in [1.54, 1.807) is 0 Å². The van der Waals surface area contributed by atoms with Crippen molar-refractivity contribution in [1.82, 2.24) is 4.98 Å². The minimum Gasteiger partial charge on any atom is -0.464 e. The van der Waals surface area contributed by atoms with Crippen molar-refractivity contribution in [1.29, 1.82) is 0 Å². The number of amides is 1. The van der Waals surface area contributed by atoms with Crippen molar-refractivity contribution in [3.8, 4) is 0 Å². The first-order valence-corrected chi connectivity index (χ1v) is 9.40. The smallest absolute Gasteiger partial charge is 0.356 e. The Morgan fingerprint density at radius 3 is 2.67 bits per heavy atom. The highest BCUT2D eigenvalue weighted by molar-refractivity contribution is 6.10. The number of H-pyrrole nitrogens is 1. The Morgan fingerprint density at radius 1 is 1.30 bits per heavy atom. The molecule has 1 aliphatic rings. The van der Waals surface area contributed by atoms with E-state index < -0.39 is 11.8 Å². The molecular formula is C20H27FN3O3+. The summed E-state index contributed by atoms with van der Waals surface area (Å²) in [5.41, 5.74) is 0.965. The Kier molecular flexibility index (Phi) is 5.79. The van der Waals surface area contributed by atoms with Crippen LogP contribution in [-0.4, -0.2) is 43.6 Å². The lowest BCUT2D eigenvalue weighted by atomic mass is 9.92. The fraction of sp³-hybridized carbons (Fsp3) is 0.500. The topological polar surface area (TPSA) is 75.6 Å². The van der Waals surface area contributed by atoms with Crippen LogP contribution in [0.1, 0.15) is 37.2 Å². The highest BCUT2D eigenvalue weighted by Crippen LogP contribution is 2.29. The third-order valence-corrected chi connectivity index (χ3v) is 5.20. The van der Waals surface area contributed by atoms with Gasteiger partial charge in [0.1, 0.15) is 11.5 Å². The summed E-state index contributed by atoms with van der Waals surface area (Å²) in [5, 5.41) is 3.24. The minimum absolute atomic E-state index is 0.124. The predicted molar refractivity (Wildman–Crippen MR) is 101 cm³/mol. The second kappa shape index (κ2) is 8.08. The van der Waals surface area contributed by atoms with Gasteiger partial charge in [-0.25, -0.2) is 9.18 Å². The third kappa shape index (κ3) is 4.47. The highest BCUT2D eigenvalue weighted by Gasteiger charge is 2.26. The van der Waals surface area contributed by atoms with Crippen LogP contribution in [0.4, 0.5) is 10.1 Å². The molecule has 0 bridgehead atoms. The summed E-state index contributed by atoms with van der Waals surface area (Å²) < 4.78 is 18.4. The molecule has 7 heteroatoms. The number of hydrogen-bond acceptors (Lipinski definition) is 3. The van der Waals surface area contributed by atoms with E-state index in [-0.39, 0.29) is 17.3 Å². The van der Waals surface area contributed by atoms with Crippen LogP contribution in [0.3, 0.4) is 0 Å². The van der Waals surface area contributed by atoms with Gasteiger partial charge in [0, 0.05) is 22.7 Å². The van der Waals surface area contributed by atoms with Crippen LogP contribution in [-0.2, 0) is 9.53 Å². The number of halogens is 1. The number of rotatable bonds is 5. The Morgan fingerprint density at radius 2 is 2.00 bits per heavy atom. The summed E-state index contributed by atoms with van der Waals surface area (Å²) in [6, 6.07) is 4.13. The molecule has 3 rings (SSSR count). The summed E-state index contributed by atoms with van der Waals surface area (Å²) in [4.78, 5) is 28.9. The maximum atomic E-state index is 13.7. The molecule has 0 spiro atoms. The molecule has 6 nitrogen and oxygen atoms in total. The lowest BCUT2D eigenvalue weighted by Crippen LogP contribution is -3.14. The van der Waals surface area contributed by atoms with Crippen LogP contribution < -0.4 is 10.2 Å². The SMILES string of the molecule is COC(=O)c1[nH]c2ccc(F)cc2c1NC(=O)CC[NH+]1C[C@@H](C)C[C@H](C)C1. The molecular weight excluding hydrogens is 349 g/mol. The molecule has 2 atom stereocenters. The quantitative estimate of drug-likeness (QED) is 0.699. The number of quaternary nitrogens is 1.